The number of ether oxygens (including phenoxy) is 2. The van der Waals surface area contributed by atoms with E-state index in [1.807, 2.05) is 56.0 Å². The number of hydrogen-bond donors (Lipinski definition) is 0. The lowest BCUT2D eigenvalue weighted by molar-refractivity contribution is 0.0170. The fourth-order valence-electron chi connectivity index (χ4n) is 4.98. The van der Waals surface area contributed by atoms with Crippen molar-refractivity contribution >= 4 is 12.1 Å². The number of likely N-dealkylation sites (tertiary alicyclic amines) is 1. The maximum atomic E-state index is 13.2. The number of rotatable bonds is 7. The van der Waals surface area contributed by atoms with Crippen molar-refractivity contribution in [1.29, 1.82) is 0 Å². The minimum atomic E-state index is -0.501. The summed E-state index contributed by atoms with van der Waals surface area (Å²) in [7, 11) is 1.40. The summed E-state index contributed by atoms with van der Waals surface area (Å²) in [6, 6.07) is 18.4. The highest BCUT2D eigenvalue weighted by molar-refractivity contribution is 5.89. The molecule has 0 aromatic heterocycles. The molecule has 2 aromatic carbocycles. The van der Waals surface area contributed by atoms with E-state index in [9.17, 15) is 9.59 Å². The van der Waals surface area contributed by atoms with Gasteiger partial charge in [-0.05, 0) is 82.3 Å². The van der Waals surface area contributed by atoms with Crippen molar-refractivity contribution in [2.75, 3.05) is 26.7 Å². The van der Waals surface area contributed by atoms with Gasteiger partial charge in [0.1, 0.15) is 5.60 Å². The summed E-state index contributed by atoms with van der Waals surface area (Å²) in [6.07, 6.45) is 2.93. The van der Waals surface area contributed by atoms with Crippen LogP contribution in [0.25, 0.3) is 0 Å². The Labute approximate surface area is 209 Å². The predicted octanol–water partition coefficient (Wildman–Crippen LogP) is 5.48. The Bertz CT molecular complexity index is 992. The number of methoxy groups -OCH3 is 1. The molecule has 0 radical (unpaired) electrons. The smallest absolute Gasteiger partial charge is 0.410 e. The molecular weight excluding hydrogens is 440 g/mol. The molecule has 0 spiro atoms. The third-order valence-corrected chi connectivity index (χ3v) is 6.96. The third kappa shape index (κ3) is 6.85. The van der Waals surface area contributed by atoms with Crippen LogP contribution in [-0.2, 0) is 16.0 Å². The average molecular weight is 479 g/mol. The molecule has 1 saturated carbocycles. The summed E-state index contributed by atoms with van der Waals surface area (Å²) in [6.45, 7) is 9.41. The van der Waals surface area contributed by atoms with Gasteiger partial charge in [-0.15, -0.1) is 0 Å². The third-order valence-electron chi connectivity index (χ3n) is 6.96. The van der Waals surface area contributed by atoms with E-state index in [0.717, 1.165) is 45.4 Å². The van der Waals surface area contributed by atoms with Crippen LogP contribution in [0.1, 0.15) is 67.4 Å². The van der Waals surface area contributed by atoms with Crippen molar-refractivity contribution in [3.8, 4) is 0 Å². The molecule has 2 fully saturated rings. The SMILES string of the molecule is COC(=O)c1ccc(CN2CCC(CN(C(=O)OC(C)(C)C)[C@@H]3C[C@H]3c3ccccc3)CC2)cc1. The Hall–Kier alpha value is -2.86. The quantitative estimate of drug-likeness (QED) is 0.493. The van der Waals surface area contributed by atoms with Crippen LogP contribution >= 0.6 is 0 Å². The lowest BCUT2D eigenvalue weighted by Crippen LogP contribution is -2.44. The van der Waals surface area contributed by atoms with Crippen molar-refractivity contribution in [3.63, 3.8) is 0 Å². The second kappa shape index (κ2) is 10.8. The van der Waals surface area contributed by atoms with Crippen molar-refractivity contribution < 1.29 is 19.1 Å². The summed E-state index contributed by atoms with van der Waals surface area (Å²) >= 11 is 0. The first-order valence-corrected chi connectivity index (χ1v) is 12.7. The Morgan fingerprint density at radius 1 is 1.00 bits per heavy atom. The topological polar surface area (TPSA) is 59.1 Å². The van der Waals surface area contributed by atoms with Crippen LogP contribution in [0.2, 0.25) is 0 Å². The van der Waals surface area contributed by atoms with Crippen LogP contribution in [0.5, 0.6) is 0 Å². The van der Waals surface area contributed by atoms with E-state index in [2.05, 4.69) is 29.2 Å². The molecule has 188 valence electrons. The van der Waals surface area contributed by atoms with Crippen molar-refractivity contribution in [2.24, 2.45) is 5.92 Å². The van der Waals surface area contributed by atoms with Gasteiger partial charge in [0.2, 0.25) is 0 Å². The Morgan fingerprint density at radius 3 is 2.26 bits per heavy atom. The summed E-state index contributed by atoms with van der Waals surface area (Å²) in [5.74, 6) is 0.561. The molecule has 1 aliphatic carbocycles. The fourth-order valence-corrected chi connectivity index (χ4v) is 4.98. The summed E-state index contributed by atoms with van der Waals surface area (Å²) in [4.78, 5) is 29.3. The molecule has 0 N–H and O–H groups in total. The molecule has 2 aliphatic rings. The molecule has 2 aromatic rings. The van der Waals surface area contributed by atoms with E-state index in [1.54, 1.807) is 0 Å². The summed E-state index contributed by atoms with van der Waals surface area (Å²) in [5.41, 5.74) is 2.57. The molecule has 1 amide bonds. The molecular formula is C29H38N2O4. The molecule has 6 heteroatoms. The van der Waals surface area contributed by atoms with Gasteiger partial charge in [0, 0.05) is 25.0 Å². The fraction of sp³-hybridized carbons (Fsp3) is 0.517. The second-order valence-electron chi connectivity index (χ2n) is 10.9. The monoisotopic (exact) mass is 478 g/mol. The first-order valence-electron chi connectivity index (χ1n) is 12.7. The number of benzene rings is 2. The first kappa shape index (κ1) is 25.2. The molecule has 4 rings (SSSR count). The van der Waals surface area contributed by atoms with Crippen molar-refractivity contribution in [1.82, 2.24) is 9.80 Å². The summed E-state index contributed by atoms with van der Waals surface area (Å²) < 4.78 is 10.6. The first-order chi connectivity index (χ1) is 16.7. The van der Waals surface area contributed by atoms with Gasteiger partial charge in [-0.1, -0.05) is 42.5 Å². The van der Waals surface area contributed by atoms with Gasteiger partial charge in [-0.2, -0.15) is 0 Å². The summed E-state index contributed by atoms with van der Waals surface area (Å²) in [5, 5.41) is 0. The van der Waals surface area contributed by atoms with E-state index in [4.69, 9.17) is 9.47 Å². The van der Waals surface area contributed by atoms with Crippen LogP contribution in [0, 0.1) is 5.92 Å². The molecule has 1 heterocycles. The number of nitrogens with zero attached hydrogens (tertiary/aromatic N) is 2. The van der Waals surface area contributed by atoms with Crippen molar-refractivity contribution in [3.05, 3.63) is 71.3 Å². The van der Waals surface area contributed by atoms with Gasteiger partial charge in [-0.25, -0.2) is 9.59 Å². The van der Waals surface area contributed by atoms with Gasteiger partial charge in [0.15, 0.2) is 0 Å². The van der Waals surface area contributed by atoms with Crippen molar-refractivity contribution in [2.45, 2.75) is 64.1 Å². The molecule has 1 saturated heterocycles. The van der Waals surface area contributed by atoms with E-state index in [1.165, 1.54) is 18.2 Å². The van der Waals surface area contributed by atoms with E-state index >= 15 is 0 Å². The highest BCUT2D eigenvalue weighted by atomic mass is 16.6. The van der Waals surface area contributed by atoms with Gasteiger partial charge in [0.05, 0.1) is 12.7 Å². The van der Waals surface area contributed by atoms with Gasteiger partial charge in [-0.3, -0.25) is 4.90 Å². The number of hydrogen-bond acceptors (Lipinski definition) is 5. The predicted molar refractivity (Wildman–Crippen MR) is 136 cm³/mol. The molecule has 0 bridgehead atoms. The zero-order valence-electron chi connectivity index (χ0n) is 21.4. The number of piperidine rings is 1. The number of esters is 1. The highest BCUT2D eigenvalue weighted by Crippen LogP contribution is 2.45. The van der Waals surface area contributed by atoms with E-state index in [-0.39, 0.29) is 18.1 Å². The Balaban J connectivity index is 1.33. The average Bonchev–Trinajstić information content (AvgIpc) is 3.63. The lowest BCUT2D eigenvalue weighted by Gasteiger charge is -2.36. The lowest BCUT2D eigenvalue weighted by atomic mass is 9.95. The van der Waals surface area contributed by atoms with Crippen LogP contribution in [0.15, 0.2) is 54.6 Å². The number of carbonyl (C=O) groups excluding carboxylic acids is 2. The van der Waals surface area contributed by atoms with E-state index in [0.29, 0.717) is 17.4 Å². The molecule has 2 atom stereocenters. The highest BCUT2D eigenvalue weighted by Gasteiger charge is 2.46. The van der Waals surface area contributed by atoms with Gasteiger partial charge < -0.3 is 14.4 Å². The normalized spacial score (nSPS) is 20.8. The van der Waals surface area contributed by atoms with Gasteiger partial charge >= 0.3 is 12.1 Å². The van der Waals surface area contributed by atoms with Crippen LogP contribution in [0.4, 0.5) is 4.79 Å². The maximum absolute atomic E-state index is 13.2. The molecule has 6 nitrogen and oxygen atoms in total. The molecule has 1 aliphatic heterocycles. The zero-order valence-corrected chi connectivity index (χ0v) is 21.4. The minimum Gasteiger partial charge on any atom is -0.465 e. The van der Waals surface area contributed by atoms with Gasteiger partial charge in [0.25, 0.3) is 0 Å². The standard InChI is InChI=1S/C29H38N2O4/c1-29(2,3)35-28(33)31(26-18-25(26)23-8-6-5-7-9-23)20-22-14-16-30(17-15-22)19-21-10-12-24(13-11-21)27(32)34-4/h5-13,22,25-26H,14-20H2,1-4H3/t25-,26+/m0/s1. The zero-order chi connectivity index (χ0) is 25.0. The van der Waals surface area contributed by atoms with Crippen LogP contribution in [0.3, 0.4) is 0 Å². The van der Waals surface area contributed by atoms with E-state index < -0.39 is 5.60 Å². The van der Waals surface area contributed by atoms with Crippen LogP contribution in [-0.4, -0.2) is 60.2 Å². The second-order valence-corrected chi connectivity index (χ2v) is 10.9. The Kier molecular flexibility index (Phi) is 7.80. The minimum absolute atomic E-state index is 0.186. The molecule has 0 unspecified atom stereocenters. The Morgan fingerprint density at radius 2 is 1.66 bits per heavy atom. The largest absolute Gasteiger partial charge is 0.465 e. The molecule has 35 heavy (non-hydrogen) atoms. The maximum Gasteiger partial charge on any atom is 0.410 e. The number of carbonyl (C=O) groups is 2. The van der Waals surface area contributed by atoms with Crippen LogP contribution < -0.4 is 0 Å². The number of amides is 1.